The van der Waals surface area contributed by atoms with Crippen LogP contribution < -0.4 is 10.6 Å². The van der Waals surface area contributed by atoms with Gasteiger partial charge < -0.3 is 20.8 Å². The van der Waals surface area contributed by atoms with Crippen molar-refractivity contribution in [3.63, 3.8) is 0 Å². The van der Waals surface area contributed by atoms with Crippen LogP contribution in [0.3, 0.4) is 0 Å². The average Bonchev–Trinajstić information content (AvgIpc) is 3.40. The number of unbranched alkanes of at least 4 members (excludes halogenated alkanes) is 18. The third-order valence-corrected chi connectivity index (χ3v) is 7.91. The molecule has 0 heterocycles. The van der Waals surface area contributed by atoms with Crippen molar-refractivity contribution in [2.24, 2.45) is 0 Å². The average molecular weight is 585 g/mol. The van der Waals surface area contributed by atoms with Crippen molar-refractivity contribution in [2.45, 2.75) is 160 Å². The number of carbonyl (C=O) groups excluding carboxylic acids is 2. The van der Waals surface area contributed by atoms with E-state index < -0.39 is 23.5 Å². The van der Waals surface area contributed by atoms with Gasteiger partial charge in [-0.15, -0.1) is 0 Å². The molecule has 2 unspecified atom stereocenters. The summed E-state index contributed by atoms with van der Waals surface area (Å²) >= 11 is 0. The number of hydrogen-bond donors (Lipinski definition) is 4. The van der Waals surface area contributed by atoms with Gasteiger partial charge in [0.05, 0.1) is 0 Å². The van der Waals surface area contributed by atoms with E-state index in [0.717, 1.165) is 64.2 Å². The van der Waals surface area contributed by atoms with E-state index in [-0.39, 0.29) is 25.3 Å². The number of carbonyl (C=O) groups is 2. The summed E-state index contributed by atoms with van der Waals surface area (Å²) in [5, 5.41) is 23.0. The Kier molecular flexibility index (Phi) is 23.5. The van der Waals surface area contributed by atoms with E-state index in [2.05, 4.69) is 10.6 Å². The molecule has 8 heteroatoms. The Labute approximate surface area is 247 Å². The van der Waals surface area contributed by atoms with Crippen molar-refractivity contribution in [3.8, 4) is 0 Å². The van der Waals surface area contributed by atoms with Crippen molar-refractivity contribution < 1.29 is 28.6 Å². The highest BCUT2D eigenvalue weighted by Crippen LogP contribution is 2.21. The van der Waals surface area contributed by atoms with Crippen LogP contribution in [0, 0.1) is 0 Å². The van der Waals surface area contributed by atoms with Gasteiger partial charge in [-0.25, -0.2) is 8.78 Å². The topological polar surface area (TPSA) is 98.7 Å². The largest absolute Gasteiger partial charge is 0.396 e. The first kappa shape index (κ1) is 37.2. The molecule has 0 saturated heterocycles. The van der Waals surface area contributed by atoms with Gasteiger partial charge in [0.15, 0.2) is 11.7 Å². The smallest absolute Gasteiger partial charge is 0.279 e. The molecule has 0 aromatic heterocycles. The Morgan fingerprint density at radius 2 is 0.829 bits per heavy atom. The zero-order valence-corrected chi connectivity index (χ0v) is 25.5. The minimum absolute atomic E-state index is 0.231. The molecule has 0 spiro atoms. The quantitative estimate of drug-likeness (QED) is 0.0620. The van der Waals surface area contributed by atoms with Gasteiger partial charge in [-0.1, -0.05) is 89.9 Å². The summed E-state index contributed by atoms with van der Waals surface area (Å²) in [7, 11) is 0. The van der Waals surface area contributed by atoms with Crippen LogP contribution in [0.25, 0.3) is 0 Å². The van der Waals surface area contributed by atoms with Crippen molar-refractivity contribution >= 4 is 11.8 Å². The highest BCUT2D eigenvalue weighted by molar-refractivity contribution is 5.92. The monoisotopic (exact) mass is 584 g/mol. The summed E-state index contributed by atoms with van der Waals surface area (Å²) in [6.45, 7) is 0.549. The van der Waals surface area contributed by atoms with E-state index in [1.807, 2.05) is 0 Å². The van der Waals surface area contributed by atoms with Crippen molar-refractivity contribution in [1.29, 1.82) is 0 Å². The van der Waals surface area contributed by atoms with E-state index in [0.29, 0.717) is 32.1 Å². The maximum atomic E-state index is 14.2. The number of aliphatic hydroxyl groups excluding tert-OH is 2. The van der Waals surface area contributed by atoms with Crippen LogP contribution in [-0.4, -0.2) is 47.3 Å². The fourth-order valence-corrected chi connectivity index (χ4v) is 5.38. The molecule has 0 aromatic rings. The highest BCUT2D eigenvalue weighted by Gasteiger charge is 2.28. The van der Waals surface area contributed by atoms with Crippen LogP contribution in [0.15, 0.2) is 23.8 Å². The number of allylic oxidation sites excluding steroid dienone is 2. The first-order chi connectivity index (χ1) is 20.0. The van der Waals surface area contributed by atoms with Gasteiger partial charge in [-0.3, -0.25) is 9.59 Å². The molecule has 6 nitrogen and oxygen atoms in total. The third kappa shape index (κ3) is 20.7. The first-order valence-electron chi connectivity index (χ1n) is 16.5. The molecule has 2 amide bonds. The summed E-state index contributed by atoms with van der Waals surface area (Å²) in [4.78, 5) is 24.4. The maximum Gasteiger partial charge on any atom is 0.279 e. The lowest BCUT2D eigenvalue weighted by Gasteiger charge is -2.14. The SMILES string of the molecule is O=C(NC1CCC(NC(=O)C(F)=CCCCCCCCCCCCO)C1)C(F)=CCCCCCCCCCCCO. The molecule has 0 aromatic carbocycles. The molecule has 4 N–H and O–H groups in total. The van der Waals surface area contributed by atoms with Gasteiger partial charge in [0.2, 0.25) is 0 Å². The van der Waals surface area contributed by atoms with Crippen molar-refractivity contribution in [2.75, 3.05) is 13.2 Å². The molecule has 1 aliphatic rings. The lowest BCUT2D eigenvalue weighted by molar-refractivity contribution is -0.119. The number of amides is 2. The van der Waals surface area contributed by atoms with Crippen LogP contribution in [0.1, 0.15) is 148 Å². The molecule has 1 saturated carbocycles. The fraction of sp³-hybridized carbons (Fsp3) is 0.818. The number of rotatable bonds is 26. The van der Waals surface area contributed by atoms with Crippen molar-refractivity contribution in [3.05, 3.63) is 23.8 Å². The summed E-state index contributed by atoms with van der Waals surface area (Å²) in [6, 6.07) is -0.461. The minimum Gasteiger partial charge on any atom is -0.396 e. The molecule has 0 bridgehead atoms. The predicted molar refractivity (Wildman–Crippen MR) is 163 cm³/mol. The maximum absolute atomic E-state index is 14.2. The molecule has 0 radical (unpaired) electrons. The molecule has 0 aliphatic heterocycles. The van der Waals surface area contributed by atoms with Gasteiger partial charge in [0.1, 0.15) is 0 Å². The second-order valence-corrected chi connectivity index (χ2v) is 11.6. The Morgan fingerprint density at radius 1 is 0.537 bits per heavy atom. The lowest BCUT2D eigenvalue weighted by atomic mass is 10.1. The summed E-state index contributed by atoms with van der Waals surface area (Å²) in [6.07, 6.45) is 24.9. The molecule has 238 valence electrons. The molecular formula is C33H58F2N2O4. The molecule has 1 fully saturated rings. The minimum atomic E-state index is -0.756. The Balaban J connectivity index is 2.10. The number of nitrogens with one attached hydrogen (secondary N) is 2. The molecule has 41 heavy (non-hydrogen) atoms. The summed E-state index contributed by atoms with van der Waals surface area (Å²) in [5.41, 5.74) is 0. The van der Waals surface area contributed by atoms with Crippen LogP contribution in [-0.2, 0) is 9.59 Å². The Bertz CT molecular complexity index is 685. The summed E-state index contributed by atoms with van der Waals surface area (Å²) < 4.78 is 28.5. The van der Waals surface area contributed by atoms with E-state index >= 15 is 0 Å². The second-order valence-electron chi connectivity index (χ2n) is 11.6. The molecule has 1 rings (SSSR count). The van der Waals surface area contributed by atoms with E-state index in [1.54, 1.807) is 0 Å². The van der Waals surface area contributed by atoms with E-state index in [1.165, 1.54) is 63.5 Å². The van der Waals surface area contributed by atoms with Crippen LogP contribution in [0.4, 0.5) is 8.78 Å². The fourth-order valence-electron chi connectivity index (χ4n) is 5.38. The highest BCUT2D eigenvalue weighted by atomic mass is 19.1. The van der Waals surface area contributed by atoms with Gasteiger partial charge in [0.25, 0.3) is 11.8 Å². The van der Waals surface area contributed by atoms with E-state index in [9.17, 15) is 18.4 Å². The van der Waals surface area contributed by atoms with Gasteiger partial charge in [0, 0.05) is 25.3 Å². The molecule has 2 atom stereocenters. The zero-order valence-electron chi connectivity index (χ0n) is 25.5. The van der Waals surface area contributed by atoms with Gasteiger partial charge in [-0.2, -0.15) is 0 Å². The Hall–Kier alpha value is -1.80. The van der Waals surface area contributed by atoms with Crippen molar-refractivity contribution in [1.82, 2.24) is 10.6 Å². The van der Waals surface area contributed by atoms with Crippen LogP contribution >= 0.6 is 0 Å². The number of aliphatic hydroxyl groups is 2. The zero-order chi connectivity index (χ0) is 30.0. The lowest BCUT2D eigenvalue weighted by Crippen LogP contribution is -2.37. The van der Waals surface area contributed by atoms with E-state index in [4.69, 9.17) is 10.2 Å². The first-order valence-corrected chi connectivity index (χ1v) is 16.5. The predicted octanol–water partition coefficient (Wildman–Crippen LogP) is 7.63. The second kappa shape index (κ2) is 25.9. The van der Waals surface area contributed by atoms with Crippen LogP contribution in [0.5, 0.6) is 0 Å². The number of hydrogen-bond acceptors (Lipinski definition) is 4. The van der Waals surface area contributed by atoms with Crippen LogP contribution in [0.2, 0.25) is 0 Å². The molecular weight excluding hydrogens is 526 g/mol. The van der Waals surface area contributed by atoms with Gasteiger partial charge in [-0.05, 0) is 69.9 Å². The Morgan fingerprint density at radius 3 is 1.15 bits per heavy atom. The van der Waals surface area contributed by atoms with Gasteiger partial charge >= 0.3 is 0 Å². The number of halogens is 2. The normalized spacial score (nSPS) is 17.7. The third-order valence-electron chi connectivity index (χ3n) is 7.91. The molecule has 1 aliphatic carbocycles. The summed E-state index contributed by atoms with van der Waals surface area (Å²) in [5.74, 6) is -2.93. The standard InChI is InChI=1S/C33H58F2N2O4/c34-30(21-17-13-9-5-1-3-7-11-15-19-25-38)32(40)36-28-23-24-29(27-28)37-33(41)31(35)22-18-14-10-6-2-4-8-12-16-20-26-39/h21-22,28-29,38-39H,1-20,23-27H2,(H,36,40)(H,37,41).